The number of anilines is 1. The Kier molecular flexibility index (Phi) is 5.99. The van der Waals surface area contributed by atoms with Gasteiger partial charge >= 0.3 is 0 Å². The van der Waals surface area contributed by atoms with Crippen molar-refractivity contribution in [1.82, 2.24) is 4.90 Å². The number of nitrogens with zero attached hydrogens (tertiary/aromatic N) is 2. The number of carbonyl (C=O) groups is 2. The molecule has 1 aromatic heterocycles. The van der Waals surface area contributed by atoms with E-state index in [0.29, 0.717) is 24.5 Å². The van der Waals surface area contributed by atoms with E-state index in [0.717, 1.165) is 28.8 Å². The van der Waals surface area contributed by atoms with Crippen LogP contribution in [0.25, 0.3) is 0 Å². The van der Waals surface area contributed by atoms with E-state index in [1.165, 1.54) is 4.90 Å². The van der Waals surface area contributed by atoms with Crippen molar-refractivity contribution in [2.45, 2.75) is 25.5 Å². The first-order valence-electron chi connectivity index (χ1n) is 9.24. The molecule has 0 saturated carbocycles. The van der Waals surface area contributed by atoms with Gasteiger partial charge in [-0.05, 0) is 42.5 Å². The third kappa shape index (κ3) is 4.39. The maximum Gasteiger partial charge on any atom is 0.265 e. The summed E-state index contributed by atoms with van der Waals surface area (Å²) in [6, 6.07) is 9.46. The smallest absolute Gasteiger partial charge is 0.265 e. The van der Waals surface area contributed by atoms with E-state index in [2.05, 4.69) is 15.9 Å². The lowest BCUT2D eigenvalue weighted by Crippen LogP contribution is -2.47. The van der Waals surface area contributed by atoms with Crippen LogP contribution in [0.5, 0.6) is 5.75 Å². The molecule has 1 atom stereocenters. The largest absolute Gasteiger partial charge is 0.482 e. The fraction of sp³-hybridized carbons (Fsp3) is 0.400. The van der Waals surface area contributed by atoms with E-state index in [9.17, 15) is 9.59 Å². The summed E-state index contributed by atoms with van der Waals surface area (Å²) in [4.78, 5) is 30.1. The van der Waals surface area contributed by atoms with Gasteiger partial charge in [0, 0.05) is 22.5 Å². The van der Waals surface area contributed by atoms with Crippen LogP contribution in [0.3, 0.4) is 0 Å². The van der Waals surface area contributed by atoms with Gasteiger partial charge in [0.25, 0.3) is 5.91 Å². The van der Waals surface area contributed by atoms with Crippen molar-refractivity contribution >= 4 is 44.8 Å². The highest BCUT2D eigenvalue weighted by Crippen LogP contribution is 2.34. The highest BCUT2D eigenvalue weighted by molar-refractivity contribution is 9.10. The number of thiophene rings is 1. The van der Waals surface area contributed by atoms with E-state index in [1.54, 1.807) is 17.4 Å². The van der Waals surface area contributed by atoms with Crippen LogP contribution in [0.2, 0.25) is 0 Å². The molecule has 1 unspecified atom stereocenters. The fourth-order valence-electron chi connectivity index (χ4n) is 3.47. The van der Waals surface area contributed by atoms with Crippen LogP contribution in [0, 0.1) is 0 Å². The second kappa shape index (κ2) is 8.63. The average molecular weight is 465 g/mol. The minimum Gasteiger partial charge on any atom is -0.482 e. The lowest BCUT2D eigenvalue weighted by molar-refractivity contribution is -0.133. The Morgan fingerprint density at radius 2 is 2.25 bits per heavy atom. The van der Waals surface area contributed by atoms with Gasteiger partial charge in [0.1, 0.15) is 12.3 Å². The van der Waals surface area contributed by atoms with Crippen molar-refractivity contribution in [3.63, 3.8) is 0 Å². The fourth-order valence-corrected chi connectivity index (χ4v) is 4.53. The maximum absolute atomic E-state index is 13.2. The molecular weight excluding hydrogens is 444 g/mol. The topological polar surface area (TPSA) is 59.1 Å². The molecule has 2 aliphatic heterocycles. The molecule has 0 aliphatic carbocycles. The standard InChI is InChI=1S/C20H21BrN2O4S/c21-14-5-6-17-18(9-14)27-13-20(25)23(17)12-19(24)22(10-15-3-1-7-26-15)11-16-4-2-8-28-16/h2,4-6,8-9,15H,1,3,7,10-13H2. The lowest BCUT2D eigenvalue weighted by Gasteiger charge is -2.32. The molecular formula is C20H21BrN2O4S. The van der Waals surface area contributed by atoms with E-state index >= 15 is 0 Å². The van der Waals surface area contributed by atoms with Gasteiger partial charge in [-0.15, -0.1) is 11.3 Å². The van der Waals surface area contributed by atoms with Crippen LogP contribution in [-0.4, -0.2) is 49.1 Å². The van der Waals surface area contributed by atoms with Crippen molar-refractivity contribution in [1.29, 1.82) is 0 Å². The summed E-state index contributed by atoms with van der Waals surface area (Å²) < 4.78 is 12.1. The monoisotopic (exact) mass is 464 g/mol. The summed E-state index contributed by atoms with van der Waals surface area (Å²) in [6.07, 6.45) is 2.05. The molecule has 1 aromatic carbocycles. The number of fused-ring (bicyclic) bond motifs is 1. The van der Waals surface area contributed by atoms with Crippen LogP contribution < -0.4 is 9.64 Å². The Labute approximate surface area is 176 Å². The molecule has 4 rings (SSSR count). The Hall–Kier alpha value is -1.90. The van der Waals surface area contributed by atoms with E-state index in [-0.39, 0.29) is 31.1 Å². The number of hydrogen-bond acceptors (Lipinski definition) is 5. The number of rotatable bonds is 6. The van der Waals surface area contributed by atoms with Gasteiger partial charge in [0.2, 0.25) is 5.91 Å². The van der Waals surface area contributed by atoms with E-state index < -0.39 is 0 Å². The van der Waals surface area contributed by atoms with E-state index in [1.807, 2.05) is 34.5 Å². The molecule has 0 bridgehead atoms. The number of amides is 2. The van der Waals surface area contributed by atoms with Crippen molar-refractivity contribution in [2.24, 2.45) is 0 Å². The van der Waals surface area contributed by atoms with Crippen molar-refractivity contribution in [3.05, 3.63) is 45.1 Å². The second-order valence-electron chi connectivity index (χ2n) is 6.87. The SMILES string of the molecule is O=C(CN1C(=O)COc2cc(Br)ccc21)N(Cc1cccs1)CC1CCCO1. The third-order valence-corrected chi connectivity index (χ3v) is 6.24. The molecule has 0 radical (unpaired) electrons. The van der Waals surface area contributed by atoms with Gasteiger partial charge in [-0.3, -0.25) is 14.5 Å². The average Bonchev–Trinajstić information content (AvgIpc) is 3.37. The summed E-state index contributed by atoms with van der Waals surface area (Å²) in [6.45, 7) is 1.75. The van der Waals surface area contributed by atoms with Gasteiger partial charge in [0.05, 0.1) is 18.3 Å². The highest BCUT2D eigenvalue weighted by Gasteiger charge is 2.30. The molecule has 148 valence electrons. The van der Waals surface area contributed by atoms with Crippen LogP contribution in [0.15, 0.2) is 40.2 Å². The molecule has 28 heavy (non-hydrogen) atoms. The van der Waals surface area contributed by atoms with Crippen LogP contribution in [-0.2, 0) is 20.9 Å². The quantitative estimate of drug-likeness (QED) is 0.656. The van der Waals surface area contributed by atoms with Crippen LogP contribution >= 0.6 is 27.3 Å². The molecule has 2 aromatic rings. The molecule has 0 N–H and O–H groups in total. The zero-order valence-electron chi connectivity index (χ0n) is 15.3. The molecule has 1 fully saturated rings. The summed E-state index contributed by atoms with van der Waals surface area (Å²) in [5, 5.41) is 2.00. The lowest BCUT2D eigenvalue weighted by atomic mass is 10.2. The van der Waals surface area contributed by atoms with Gasteiger partial charge in [-0.2, -0.15) is 0 Å². The van der Waals surface area contributed by atoms with Crippen molar-refractivity contribution in [3.8, 4) is 5.75 Å². The Balaban J connectivity index is 1.52. The molecule has 6 nitrogen and oxygen atoms in total. The summed E-state index contributed by atoms with van der Waals surface area (Å²) >= 11 is 5.03. The van der Waals surface area contributed by atoms with Crippen LogP contribution in [0.4, 0.5) is 5.69 Å². The summed E-state index contributed by atoms with van der Waals surface area (Å²) in [5.74, 6) is 0.301. The molecule has 8 heteroatoms. The Bertz CT molecular complexity index is 852. The predicted octanol–water partition coefficient (Wildman–Crippen LogP) is 3.44. The summed E-state index contributed by atoms with van der Waals surface area (Å²) in [7, 11) is 0. The molecule has 3 heterocycles. The Morgan fingerprint density at radius 3 is 3.00 bits per heavy atom. The maximum atomic E-state index is 13.2. The predicted molar refractivity (Wildman–Crippen MR) is 111 cm³/mol. The minimum atomic E-state index is -0.212. The van der Waals surface area contributed by atoms with Crippen LogP contribution in [0.1, 0.15) is 17.7 Å². The minimum absolute atomic E-state index is 0.00504. The molecule has 2 aliphatic rings. The summed E-state index contributed by atoms with van der Waals surface area (Å²) in [5.41, 5.74) is 0.626. The zero-order valence-corrected chi connectivity index (χ0v) is 17.7. The number of carbonyl (C=O) groups excluding carboxylic acids is 2. The highest BCUT2D eigenvalue weighted by atomic mass is 79.9. The van der Waals surface area contributed by atoms with Crippen molar-refractivity contribution < 1.29 is 19.1 Å². The number of hydrogen-bond donors (Lipinski definition) is 0. The molecule has 0 spiro atoms. The van der Waals surface area contributed by atoms with Gasteiger partial charge in [0.15, 0.2) is 6.61 Å². The molecule has 1 saturated heterocycles. The van der Waals surface area contributed by atoms with Gasteiger partial charge in [-0.25, -0.2) is 0 Å². The normalized spacial score (nSPS) is 18.7. The second-order valence-corrected chi connectivity index (χ2v) is 8.82. The van der Waals surface area contributed by atoms with Crippen molar-refractivity contribution in [2.75, 3.05) is 31.2 Å². The first-order chi connectivity index (χ1) is 13.6. The zero-order chi connectivity index (χ0) is 19.5. The number of halogens is 1. The number of ether oxygens (including phenoxy) is 2. The van der Waals surface area contributed by atoms with Gasteiger partial charge in [-0.1, -0.05) is 22.0 Å². The first-order valence-corrected chi connectivity index (χ1v) is 10.9. The molecule has 2 amide bonds. The van der Waals surface area contributed by atoms with E-state index in [4.69, 9.17) is 9.47 Å². The van der Waals surface area contributed by atoms with Gasteiger partial charge < -0.3 is 14.4 Å². The first kappa shape index (κ1) is 19.4. The third-order valence-electron chi connectivity index (χ3n) is 4.89. The Morgan fingerprint density at radius 1 is 1.36 bits per heavy atom. The number of benzene rings is 1.